The normalized spacial score (nSPS) is 25.8. The monoisotopic (exact) mass is 234 g/mol. The van der Waals surface area contributed by atoms with Crippen LogP contribution in [0.1, 0.15) is 27.7 Å². The second-order valence-electron chi connectivity index (χ2n) is 5.47. The Labute approximate surface area is 95.4 Å². The Kier molecular flexibility index (Phi) is 4.09. The van der Waals surface area contributed by atoms with E-state index < -0.39 is 16.8 Å². The van der Waals surface area contributed by atoms with E-state index in [9.17, 15) is 9.66 Å². The van der Waals surface area contributed by atoms with E-state index in [4.69, 9.17) is 4.74 Å². The van der Waals surface area contributed by atoms with E-state index >= 15 is 0 Å². The molecule has 1 aliphatic rings. The van der Waals surface area contributed by atoms with Gasteiger partial charge in [0.05, 0.1) is 13.2 Å². The zero-order valence-corrected chi connectivity index (χ0v) is 10.9. The Hall–Kier alpha value is 0.230. The third kappa shape index (κ3) is 3.09. The van der Waals surface area contributed by atoms with Crippen molar-refractivity contribution in [2.75, 3.05) is 24.7 Å². The number of hydrogen-bond acceptors (Lipinski definition) is 3. The lowest BCUT2D eigenvalue weighted by Crippen LogP contribution is -2.59. The predicted molar refractivity (Wildman–Crippen MR) is 62.3 cm³/mol. The van der Waals surface area contributed by atoms with Gasteiger partial charge in [-0.3, -0.25) is 0 Å². The van der Waals surface area contributed by atoms with Crippen molar-refractivity contribution in [1.29, 1.82) is 0 Å². The summed E-state index contributed by atoms with van der Waals surface area (Å²) in [5.41, 5.74) is -1.11. The Morgan fingerprint density at radius 1 is 1.53 bits per heavy atom. The highest BCUT2D eigenvalue weighted by atomic mass is 32.2. The van der Waals surface area contributed by atoms with Crippen LogP contribution in [0.3, 0.4) is 0 Å². The number of ether oxygens (including phenoxy) is 1. The molecule has 1 heterocycles. The highest BCUT2D eigenvalue weighted by Crippen LogP contribution is 2.39. The van der Waals surface area contributed by atoms with Crippen molar-refractivity contribution in [2.45, 2.75) is 33.3 Å². The molecule has 1 aliphatic heterocycles. The van der Waals surface area contributed by atoms with Crippen LogP contribution in [0.4, 0.5) is 0 Å². The molecule has 0 amide bonds. The van der Waals surface area contributed by atoms with E-state index in [2.05, 4.69) is 0 Å². The number of hydrogen-bond donors (Lipinski definition) is 1. The summed E-state index contributed by atoms with van der Waals surface area (Å²) < 4.78 is 16.9. The van der Waals surface area contributed by atoms with Gasteiger partial charge in [-0.1, -0.05) is 31.9 Å². The zero-order chi connectivity index (χ0) is 11.7. The molecule has 1 fully saturated rings. The summed E-state index contributed by atoms with van der Waals surface area (Å²) in [5.74, 6) is 1.42. The summed E-state index contributed by atoms with van der Waals surface area (Å²) in [7, 11) is 0. The fourth-order valence-corrected chi connectivity index (χ4v) is 3.47. The Balaban J connectivity index is 2.48. The minimum atomic E-state index is -0.939. The van der Waals surface area contributed by atoms with Crippen molar-refractivity contribution < 1.29 is 14.4 Å². The van der Waals surface area contributed by atoms with Crippen LogP contribution in [0.5, 0.6) is 0 Å². The molecule has 1 N–H and O–H groups in total. The van der Waals surface area contributed by atoms with Crippen LogP contribution in [0.15, 0.2) is 0 Å². The Morgan fingerprint density at radius 3 is 2.40 bits per heavy atom. The molecular weight excluding hydrogens is 212 g/mol. The van der Waals surface area contributed by atoms with E-state index in [0.29, 0.717) is 30.6 Å². The maximum atomic E-state index is 11.8. The van der Waals surface area contributed by atoms with Crippen LogP contribution in [0, 0.1) is 11.3 Å². The molecule has 2 unspecified atom stereocenters. The van der Waals surface area contributed by atoms with Gasteiger partial charge in [-0.05, 0) is 12.8 Å². The van der Waals surface area contributed by atoms with Gasteiger partial charge in [-0.25, -0.2) is 0 Å². The van der Waals surface area contributed by atoms with Crippen molar-refractivity contribution in [3.8, 4) is 0 Å². The van der Waals surface area contributed by atoms with Gasteiger partial charge < -0.3 is 14.4 Å². The minimum Gasteiger partial charge on any atom is -0.616 e. The number of aliphatic hydroxyl groups is 1. The van der Waals surface area contributed by atoms with Crippen LogP contribution >= 0.6 is 0 Å². The smallest absolute Gasteiger partial charge is 0.134 e. The van der Waals surface area contributed by atoms with Crippen LogP contribution in [-0.2, 0) is 15.9 Å². The van der Waals surface area contributed by atoms with Crippen LogP contribution in [-0.4, -0.2) is 40.0 Å². The van der Waals surface area contributed by atoms with Crippen molar-refractivity contribution in [3.05, 3.63) is 0 Å². The maximum absolute atomic E-state index is 11.8. The summed E-state index contributed by atoms with van der Waals surface area (Å²) in [6.07, 6.45) is 0. The molecule has 0 aliphatic carbocycles. The maximum Gasteiger partial charge on any atom is 0.134 e. The lowest BCUT2D eigenvalue weighted by Gasteiger charge is -2.48. The topological polar surface area (TPSA) is 52.5 Å². The predicted octanol–water partition coefficient (Wildman–Crippen LogP) is 1.18. The largest absolute Gasteiger partial charge is 0.616 e. The van der Waals surface area contributed by atoms with Gasteiger partial charge in [0.25, 0.3) is 0 Å². The lowest BCUT2D eigenvalue weighted by molar-refractivity contribution is -0.196. The molecule has 0 saturated carbocycles. The molecule has 3 nitrogen and oxygen atoms in total. The third-order valence-electron chi connectivity index (χ3n) is 3.10. The summed E-state index contributed by atoms with van der Waals surface area (Å²) in [5, 5.41) is 10.3. The zero-order valence-electron chi connectivity index (χ0n) is 10.1. The SMILES string of the molecule is CC(C)C[S+]([O-])CC(C)(O)C1(C)COC1. The average molecular weight is 234 g/mol. The molecular formula is C11H22O3S. The molecule has 0 bridgehead atoms. The molecule has 0 spiro atoms. The van der Waals surface area contributed by atoms with Gasteiger partial charge in [-0.15, -0.1) is 0 Å². The van der Waals surface area contributed by atoms with E-state index in [-0.39, 0.29) is 5.41 Å². The molecule has 0 radical (unpaired) electrons. The Morgan fingerprint density at radius 2 is 2.07 bits per heavy atom. The van der Waals surface area contributed by atoms with Crippen molar-refractivity contribution >= 4 is 11.2 Å². The Bertz CT molecular complexity index is 212. The molecule has 0 aromatic carbocycles. The molecule has 2 atom stereocenters. The fraction of sp³-hybridized carbons (Fsp3) is 1.00. The van der Waals surface area contributed by atoms with Gasteiger partial charge in [-0.2, -0.15) is 0 Å². The van der Waals surface area contributed by atoms with Crippen LogP contribution in [0.25, 0.3) is 0 Å². The fourth-order valence-electron chi connectivity index (χ4n) is 1.64. The summed E-state index contributed by atoms with van der Waals surface area (Å²) in [4.78, 5) is 0. The van der Waals surface area contributed by atoms with Gasteiger partial charge in [0.2, 0.25) is 0 Å². The molecule has 15 heavy (non-hydrogen) atoms. The molecule has 1 rings (SSSR count). The average Bonchev–Trinajstić information content (AvgIpc) is 1.96. The highest BCUT2D eigenvalue weighted by molar-refractivity contribution is 7.91. The summed E-state index contributed by atoms with van der Waals surface area (Å²) in [6, 6.07) is 0. The molecule has 4 heteroatoms. The van der Waals surface area contributed by atoms with Gasteiger partial charge in [0.1, 0.15) is 17.1 Å². The molecule has 90 valence electrons. The molecule has 1 saturated heterocycles. The van der Waals surface area contributed by atoms with Crippen molar-refractivity contribution in [2.24, 2.45) is 11.3 Å². The van der Waals surface area contributed by atoms with Gasteiger partial charge in [0, 0.05) is 5.41 Å². The minimum absolute atomic E-state index is 0.223. The standard InChI is InChI=1S/C11H22O3S/c1-9(2)5-15(13)8-11(4,12)10(3)6-14-7-10/h9,12H,5-8H2,1-4H3. The van der Waals surface area contributed by atoms with E-state index in [1.165, 1.54) is 0 Å². The quantitative estimate of drug-likeness (QED) is 0.727. The van der Waals surface area contributed by atoms with Crippen molar-refractivity contribution in [1.82, 2.24) is 0 Å². The van der Waals surface area contributed by atoms with Gasteiger partial charge in [0.15, 0.2) is 0 Å². The summed E-state index contributed by atoms with van der Waals surface area (Å²) >= 11 is -0.939. The van der Waals surface area contributed by atoms with E-state index in [0.717, 1.165) is 0 Å². The first-order chi connectivity index (χ1) is 6.77. The first-order valence-corrected chi connectivity index (χ1v) is 6.91. The van der Waals surface area contributed by atoms with Gasteiger partial charge >= 0.3 is 0 Å². The first kappa shape index (κ1) is 13.3. The van der Waals surface area contributed by atoms with Crippen molar-refractivity contribution in [3.63, 3.8) is 0 Å². The lowest BCUT2D eigenvalue weighted by atomic mass is 9.74. The third-order valence-corrected chi connectivity index (χ3v) is 5.03. The number of rotatable bonds is 5. The summed E-state index contributed by atoms with van der Waals surface area (Å²) in [6.45, 7) is 8.98. The second kappa shape index (κ2) is 4.62. The second-order valence-corrected chi connectivity index (χ2v) is 6.97. The highest BCUT2D eigenvalue weighted by Gasteiger charge is 2.51. The molecule has 0 aromatic rings. The molecule has 0 aromatic heterocycles. The van der Waals surface area contributed by atoms with E-state index in [1.54, 1.807) is 6.92 Å². The van der Waals surface area contributed by atoms with Crippen LogP contribution < -0.4 is 0 Å². The first-order valence-electron chi connectivity index (χ1n) is 5.42. The van der Waals surface area contributed by atoms with Crippen LogP contribution in [0.2, 0.25) is 0 Å². The van der Waals surface area contributed by atoms with E-state index in [1.807, 2.05) is 20.8 Å².